The quantitative estimate of drug-likeness (QED) is 0.611. The summed E-state index contributed by atoms with van der Waals surface area (Å²) in [6, 6.07) is 0. The average Bonchev–Trinajstić information content (AvgIpc) is 2.74. The Morgan fingerprint density at radius 1 is 1.18 bits per heavy atom. The Bertz CT molecular complexity index is 220. The smallest absolute Gasteiger partial charge is 0.223 e. The van der Waals surface area contributed by atoms with Crippen LogP contribution in [0.1, 0.15) is 65.2 Å². The summed E-state index contributed by atoms with van der Waals surface area (Å²) in [6.45, 7) is 5.34. The van der Waals surface area contributed by atoms with Gasteiger partial charge in [0.05, 0.1) is 5.37 Å². The molecule has 1 aliphatic heterocycles. The lowest BCUT2D eigenvalue weighted by atomic mass is 10.1. The van der Waals surface area contributed by atoms with E-state index < -0.39 is 0 Å². The normalized spacial score (nSPS) is 19.9. The molecule has 0 bridgehead atoms. The molecule has 0 aromatic carbocycles. The minimum atomic E-state index is 0.371. The molecule has 1 saturated heterocycles. The molecule has 100 valence electrons. The molecule has 0 radical (unpaired) electrons. The third kappa shape index (κ3) is 5.80. The van der Waals surface area contributed by atoms with E-state index >= 15 is 0 Å². The van der Waals surface area contributed by atoms with Crippen molar-refractivity contribution in [3.05, 3.63) is 0 Å². The van der Waals surface area contributed by atoms with Crippen LogP contribution in [0.3, 0.4) is 0 Å². The summed E-state index contributed by atoms with van der Waals surface area (Å²) in [5.41, 5.74) is 0. The molecule has 3 heteroatoms. The Balaban J connectivity index is 1.97. The molecule has 1 fully saturated rings. The summed E-state index contributed by atoms with van der Waals surface area (Å²) in [4.78, 5) is 13.9. The fourth-order valence-corrected chi connectivity index (χ4v) is 3.34. The number of amides is 1. The van der Waals surface area contributed by atoms with Crippen molar-refractivity contribution in [1.29, 1.82) is 0 Å². The van der Waals surface area contributed by atoms with Crippen molar-refractivity contribution < 1.29 is 4.79 Å². The van der Waals surface area contributed by atoms with Gasteiger partial charge in [0.15, 0.2) is 0 Å². The first kappa shape index (κ1) is 14.9. The molecule has 1 unspecified atom stereocenters. The second kappa shape index (κ2) is 8.84. The molecule has 0 aromatic rings. The first-order valence-corrected chi connectivity index (χ1v) is 8.21. The molecule has 1 rings (SSSR count). The van der Waals surface area contributed by atoms with Crippen molar-refractivity contribution in [3.63, 3.8) is 0 Å². The Morgan fingerprint density at radius 2 is 1.82 bits per heavy atom. The molecule has 1 atom stereocenters. The predicted molar refractivity (Wildman–Crippen MR) is 76.2 cm³/mol. The average molecular weight is 257 g/mol. The topological polar surface area (TPSA) is 20.3 Å². The number of carbonyl (C=O) groups excluding carboxylic acids is 1. The van der Waals surface area contributed by atoms with Crippen molar-refractivity contribution in [1.82, 2.24) is 4.90 Å². The molecule has 1 heterocycles. The number of nitrogens with zero attached hydrogens (tertiary/aromatic N) is 1. The molecule has 0 aromatic heterocycles. The van der Waals surface area contributed by atoms with E-state index in [1.54, 1.807) is 0 Å². The number of hydrogen-bond donors (Lipinski definition) is 0. The first-order valence-electron chi connectivity index (χ1n) is 7.16. The van der Waals surface area contributed by atoms with E-state index in [9.17, 15) is 4.79 Å². The van der Waals surface area contributed by atoms with Crippen LogP contribution >= 0.6 is 11.8 Å². The third-order valence-electron chi connectivity index (χ3n) is 3.44. The summed E-state index contributed by atoms with van der Waals surface area (Å²) in [5, 5.41) is 0.409. The summed E-state index contributed by atoms with van der Waals surface area (Å²) in [6.07, 6.45) is 9.76. The zero-order valence-corrected chi connectivity index (χ0v) is 12.2. The number of thioether (sulfide) groups is 1. The maximum absolute atomic E-state index is 11.9. The molecule has 17 heavy (non-hydrogen) atoms. The zero-order valence-electron chi connectivity index (χ0n) is 11.4. The number of unbranched alkanes of at least 4 members (excludes halogenated alkanes) is 6. The van der Waals surface area contributed by atoms with E-state index in [2.05, 4.69) is 13.8 Å². The van der Waals surface area contributed by atoms with E-state index in [1.807, 2.05) is 16.7 Å². The molecular formula is C14H27NOS. The van der Waals surface area contributed by atoms with Crippen molar-refractivity contribution in [2.45, 2.75) is 70.6 Å². The maximum Gasteiger partial charge on any atom is 0.223 e. The minimum Gasteiger partial charge on any atom is -0.330 e. The molecule has 0 N–H and O–H groups in total. The lowest BCUT2D eigenvalue weighted by molar-refractivity contribution is -0.131. The van der Waals surface area contributed by atoms with Crippen molar-refractivity contribution >= 4 is 17.7 Å². The van der Waals surface area contributed by atoms with Crippen LogP contribution in [0, 0.1) is 0 Å². The van der Waals surface area contributed by atoms with Crippen LogP contribution in [0.15, 0.2) is 0 Å². The van der Waals surface area contributed by atoms with Crippen molar-refractivity contribution in [3.8, 4) is 0 Å². The minimum absolute atomic E-state index is 0.371. The van der Waals surface area contributed by atoms with Gasteiger partial charge >= 0.3 is 0 Å². The van der Waals surface area contributed by atoms with E-state index in [0.717, 1.165) is 25.1 Å². The van der Waals surface area contributed by atoms with Crippen LogP contribution in [0.5, 0.6) is 0 Å². The highest BCUT2D eigenvalue weighted by Gasteiger charge is 2.24. The van der Waals surface area contributed by atoms with Gasteiger partial charge in [-0.05, 0) is 13.3 Å². The van der Waals surface area contributed by atoms with Crippen LogP contribution in [0.25, 0.3) is 0 Å². The summed E-state index contributed by atoms with van der Waals surface area (Å²) in [7, 11) is 0. The lowest BCUT2D eigenvalue weighted by Gasteiger charge is -2.20. The van der Waals surface area contributed by atoms with Crippen LogP contribution in [0.2, 0.25) is 0 Å². The fourth-order valence-electron chi connectivity index (χ4n) is 2.30. The fraction of sp³-hybridized carbons (Fsp3) is 0.929. The monoisotopic (exact) mass is 257 g/mol. The molecule has 1 aliphatic rings. The van der Waals surface area contributed by atoms with Gasteiger partial charge in [-0.2, -0.15) is 0 Å². The van der Waals surface area contributed by atoms with Gasteiger partial charge in [0.1, 0.15) is 0 Å². The Kier molecular flexibility index (Phi) is 7.74. The summed E-state index contributed by atoms with van der Waals surface area (Å²) in [5.74, 6) is 1.49. The molecule has 0 aliphatic carbocycles. The number of carbonyl (C=O) groups is 1. The van der Waals surface area contributed by atoms with Gasteiger partial charge in [-0.3, -0.25) is 4.79 Å². The van der Waals surface area contributed by atoms with Crippen LogP contribution in [-0.2, 0) is 4.79 Å². The van der Waals surface area contributed by atoms with Crippen molar-refractivity contribution in [2.24, 2.45) is 0 Å². The highest BCUT2D eigenvalue weighted by Crippen LogP contribution is 2.24. The second-order valence-electron chi connectivity index (χ2n) is 4.93. The second-order valence-corrected chi connectivity index (χ2v) is 6.35. The Morgan fingerprint density at radius 3 is 2.41 bits per heavy atom. The molecular weight excluding hydrogens is 230 g/mol. The van der Waals surface area contributed by atoms with Gasteiger partial charge in [0.2, 0.25) is 5.91 Å². The van der Waals surface area contributed by atoms with E-state index in [1.165, 1.54) is 38.5 Å². The summed E-state index contributed by atoms with van der Waals surface area (Å²) >= 11 is 1.89. The standard InChI is InChI=1S/C14H27NOS/c1-3-4-5-6-7-8-9-10-14(16)15-11-12-17-13(15)2/h13H,3-12H2,1-2H3. The van der Waals surface area contributed by atoms with Crippen LogP contribution < -0.4 is 0 Å². The summed E-state index contributed by atoms with van der Waals surface area (Å²) < 4.78 is 0. The third-order valence-corrected chi connectivity index (χ3v) is 4.60. The van der Waals surface area contributed by atoms with E-state index in [0.29, 0.717) is 11.3 Å². The van der Waals surface area contributed by atoms with Crippen LogP contribution in [0.4, 0.5) is 0 Å². The molecule has 0 spiro atoms. The number of rotatable bonds is 8. The molecule has 0 saturated carbocycles. The largest absolute Gasteiger partial charge is 0.330 e. The van der Waals surface area contributed by atoms with Crippen molar-refractivity contribution in [2.75, 3.05) is 12.3 Å². The molecule has 1 amide bonds. The Hall–Kier alpha value is -0.180. The van der Waals surface area contributed by atoms with Crippen LogP contribution in [-0.4, -0.2) is 28.5 Å². The SMILES string of the molecule is CCCCCCCCCC(=O)N1CCSC1C. The molecule has 2 nitrogen and oxygen atoms in total. The van der Waals surface area contributed by atoms with Gasteiger partial charge in [0.25, 0.3) is 0 Å². The highest BCUT2D eigenvalue weighted by molar-refractivity contribution is 8.00. The van der Waals surface area contributed by atoms with Gasteiger partial charge < -0.3 is 4.90 Å². The van der Waals surface area contributed by atoms with Gasteiger partial charge in [-0.15, -0.1) is 11.8 Å². The lowest BCUT2D eigenvalue weighted by Crippen LogP contribution is -2.32. The van der Waals surface area contributed by atoms with Gasteiger partial charge in [0, 0.05) is 18.7 Å². The Labute approximate surface area is 111 Å². The number of hydrogen-bond acceptors (Lipinski definition) is 2. The first-order chi connectivity index (χ1) is 8.25. The highest BCUT2D eigenvalue weighted by atomic mass is 32.2. The van der Waals surface area contributed by atoms with E-state index in [4.69, 9.17) is 0 Å². The zero-order chi connectivity index (χ0) is 12.5. The predicted octanol–water partition coefficient (Wildman–Crippen LogP) is 4.05. The van der Waals surface area contributed by atoms with Gasteiger partial charge in [-0.25, -0.2) is 0 Å². The maximum atomic E-state index is 11.9. The van der Waals surface area contributed by atoms with E-state index in [-0.39, 0.29) is 0 Å². The van der Waals surface area contributed by atoms with Gasteiger partial charge in [-0.1, -0.05) is 45.4 Å².